The highest BCUT2D eigenvalue weighted by Gasteiger charge is 2.11. The smallest absolute Gasteiger partial charge is 0.271 e. The van der Waals surface area contributed by atoms with Crippen molar-refractivity contribution in [1.82, 2.24) is 5.43 Å². The highest BCUT2D eigenvalue weighted by molar-refractivity contribution is 6.02. The summed E-state index contributed by atoms with van der Waals surface area (Å²) in [5, 5.41) is 4.39. The quantitative estimate of drug-likeness (QED) is 0.412. The first-order valence-corrected chi connectivity index (χ1v) is 8.84. The normalized spacial score (nSPS) is 11.1. The summed E-state index contributed by atoms with van der Waals surface area (Å²) in [6.45, 7) is 2.16. The Bertz CT molecular complexity index is 742. The molecule has 2 aromatic carbocycles. The number of benzene rings is 2. The monoisotopic (exact) mass is 354 g/mol. The molecule has 0 bridgehead atoms. The number of nitrogens with zero attached hydrogens (tertiary/aromatic N) is 1. The van der Waals surface area contributed by atoms with Gasteiger partial charge in [-0.25, -0.2) is 5.43 Å². The van der Waals surface area contributed by atoms with Crippen molar-refractivity contribution < 1.29 is 14.3 Å². The minimum absolute atomic E-state index is 0.283. The molecule has 0 aliphatic carbocycles. The molecule has 0 spiro atoms. The molecule has 26 heavy (non-hydrogen) atoms. The van der Waals surface area contributed by atoms with E-state index in [2.05, 4.69) is 17.5 Å². The molecule has 0 aromatic heterocycles. The number of unbranched alkanes of at least 4 members (excludes halogenated alkanes) is 2. The first-order valence-electron chi connectivity index (χ1n) is 8.84. The minimum Gasteiger partial charge on any atom is -0.493 e. The Hall–Kier alpha value is -2.82. The lowest BCUT2D eigenvalue weighted by atomic mass is 10.0. The van der Waals surface area contributed by atoms with E-state index in [1.807, 2.05) is 30.3 Å². The molecule has 5 nitrogen and oxygen atoms in total. The summed E-state index contributed by atoms with van der Waals surface area (Å²) in [6.07, 6.45) is 4.13. The number of hydrazone groups is 1. The lowest BCUT2D eigenvalue weighted by Gasteiger charge is -2.10. The van der Waals surface area contributed by atoms with Crippen LogP contribution in [0.1, 0.15) is 48.5 Å². The Morgan fingerprint density at radius 3 is 2.35 bits per heavy atom. The van der Waals surface area contributed by atoms with Crippen LogP contribution in [0.5, 0.6) is 11.5 Å². The van der Waals surface area contributed by atoms with Gasteiger partial charge >= 0.3 is 0 Å². The molecular weight excluding hydrogens is 328 g/mol. The topological polar surface area (TPSA) is 59.9 Å². The van der Waals surface area contributed by atoms with Gasteiger partial charge in [-0.15, -0.1) is 0 Å². The predicted octanol–water partition coefficient (Wildman–Crippen LogP) is 4.42. The molecule has 0 unspecified atom stereocenters. The summed E-state index contributed by atoms with van der Waals surface area (Å²) in [5.74, 6) is 0.808. The number of carbonyl (C=O) groups is 1. The third-order valence-electron chi connectivity index (χ3n) is 4.06. The maximum absolute atomic E-state index is 12.5. The molecule has 0 aliphatic heterocycles. The highest BCUT2D eigenvalue weighted by atomic mass is 16.5. The van der Waals surface area contributed by atoms with Gasteiger partial charge in [0.15, 0.2) is 11.5 Å². The van der Waals surface area contributed by atoms with Gasteiger partial charge in [-0.2, -0.15) is 5.10 Å². The van der Waals surface area contributed by atoms with Crippen molar-refractivity contribution in [2.24, 2.45) is 5.10 Å². The van der Waals surface area contributed by atoms with Crippen LogP contribution >= 0.6 is 0 Å². The molecular formula is C21H26N2O3. The number of methoxy groups -OCH3 is 2. The van der Waals surface area contributed by atoms with E-state index in [0.717, 1.165) is 37.0 Å². The summed E-state index contributed by atoms with van der Waals surface area (Å²) in [6, 6.07) is 15.0. The van der Waals surface area contributed by atoms with E-state index in [-0.39, 0.29) is 5.91 Å². The average Bonchev–Trinajstić information content (AvgIpc) is 2.70. The predicted molar refractivity (Wildman–Crippen MR) is 104 cm³/mol. The summed E-state index contributed by atoms with van der Waals surface area (Å²) in [4.78, 5) is 12.5. The molecule has 2 aromatic rings. The second-order valence-electron chi connectivity index (χ2n) is 5.89. The zero-order valence-corrected chi connectivity index (χ0v) is 15.6. The van der Waals surface area contributed by atoms with Gasteiger partial charge < -0.3 is 9.47 Å². The summed E-state index contributed by atoms with van der Waals surface area (Å²) in [7, 11) is 3.10. The van der Waals surface area contributed by atoms with Crippen LogP contribution in [0.3, 0.4) is 0 Å². The lowest BCUT2D eigenvalue weighted by Crippen LogP contribution is -2.20. The SMILES string of the molecule is CCCCCC(=NNC(=O)c1ccc(OC)c(OC)c1)c1ccccc1. The summed E-state index contributed by atoms with van der Waals surface area (Å²) in [5.41, 5.74) is 5.04. The van der Waals surface area contributed by atoms with E-state index in [9.17, 15) is 4.79 Å². The standard InChI is InChI=1S/C21H26N2O3/c1-4-5-7-12-18(16-10-8-6-9-11-16)22-23-21(24)17-13-14-19(25-2)20(15-17)26-3/h6,8-11,13-15H,4-5,7,12H2,1-3H3,(H,23,24). The van der Waals surface area contributed by atoms with Crippen molar-refractivity contribution in [2.45, 2.75) is 32.6 Å². The maximum Gasteiger partial charge on any atom is 0.271 e. The van der Waals surface area contributed by atoms with Crippen LogP contribution in [0, 0.1) is 0 Å². The molecule has 1 amide bonds. The first kappa shape index (κ1) is 19.5. The Kier molecular flexibility index (Phi) is 7.68. The van der Waals surface area contributed by atoms with Crippen LogP contribution in [-0.4, -0.2) is 25.8 Å². The fraction of sp³-hybridized carbons (Fsp3) is 0.333. The number of amides is 1. The Morgan fingerprint density at radius 1 is 0.962 bits per heavy atom. The molecule has 1 N–H and O–H groups in total. The molecule has 0 heterocycles. The number of hydrogen-bond donors (Lipinski definition) is 1. The van der Waals surface area contributed by atoms with E-state index in [1.165, 1.54) is 0 Å². The Balaban J connectivity index is 2.16. The molecule has 0 atom stereocenters. The van der Waals surface area contributed by atoms with Gasteiger partial charge in [-0.05, 0) is 36.6 Å². The Labute approximate surface area is 155 Å². The molecule has 2 rings (SSSR count). The summed E-state index contributed by atoms with van der Waals surface area (Å²) < 4.78 is 10.4. The summed E-state index contributed by atoms with van der Waals surface area (Å²) >= 11 is 0. The van der Waals surface area contributed by atoms with Gasteiger partial charge in [0.05, 0.1) is 19.9 Å². The van der Waals surface area contributed by atoms with Crippen LogP contribution < -0.4 is 14.9 Å². The van der Waals surface area contributed by atoms with Gasteiger partial charge in [0.25, 0.3) is 5.91 Å². The minimum atomic E-state index is -0.283. The van der Waals surface area contributed by atoms with Crippen molar-refractivity contribution in [3.05, 3.63) is 59.7 Å². The zero-order chi connectivity index (χ0) is 18.8. The van der Waals surface area contributed by atoms with E-state index in [1.54, 1.807) is 32.4 Å². The second kappa shape index (κ2) is 10.2. The lowest BCUT2D eigenvalue weighted by molar-refractivity contribution is 0.0954. The van der Waals surface area contributed by atoms with Gasteiger partial charge in [0, 0.05) is 5.56 Å². The molecule has 138 valence electrons. The van der Waals surface area contributed by atoms with Crippen LogP contribution in [-0.2, 0) is 0 Å². The largest absolute Gasteiger partial charge is 0.493 e. The molecule has 0 aliphatic rings. The fourth-order valence-electron chi connectivity index (χ4n) is 2.60. The number of ether oxygens (including phenoxy) is 2. The first-order chi connectivity index (χ1) is 12.7. The zero-order valence-electron chi connectivity index (χ0n) is 15.6. The van der Waals surface area contributed by atoms with Crippen LogP contribution in [0.15, 0.2) is 53.6 Å². The van der Waals surface area contributed by atoms with Crippen molar-refractivity contribution in [1.29, 1.82) is 0 Å². The van der Waals surface area contributed by atoms with E-state index >= 15 is 0 Å². The number of carbonyl (C=O) groups excluding carboxylic acids is 1. The highest BCUT2D eigenvalue weighted by Crippen LogP contribution is 2.27. The number of hydrogen-bond acceptors (Lipinski definition) is 4. The number of rotatable bonds is 9. The van der Waals surface area contributed by atoms with Crippen LogP contribution in [0.4, 0.5) is 0 Å². The number of nitrogens with one attached hydrogen (secondary N) is 1. The fourth-order valence-corrected chi connectivity index (χ4v) is 2.60. The molecule has 0 fully saturated rings. The van der Waals surface area contributed by atoms with E-state index in [4.69, 9.17) is 9.47 Å². The molecule has 0 radical (unpaired) electrons. The van der Waals surface area contributed by atoms with Gasteiger partial charge in [-0.3, -0.25) is 4.79 Å². The van der Waals surface area contributed by atoms with Gasteiger partial charge in [0.2, 0.25) is 0 Å². The maximum atomic E-state index is 12.5. The van der Waals surface area contributed by atoms with Crippen molar-refractivity contribution in [3.63, 3.8) is 0 Å². The van der Waals surface area contributed by atoms with E-state index in [0.29, 0.717) is 17.1 Å². The van der Waals surface area contributed by atoms with Crippen LogP contribution in [0.25, 0.3) is 0 Å². The molecule has 5 heteroatoms. The molecule has 0 saturated carbocycles. The van der Waals surface area contributed by atoms with Crippen molar-refractivity contribution in [2.75, 3.05) is 14.2 Å². The van der Waals surface area contributed by atoms with Gasteiger partial charge in [-0.1, -0.05) is 50.1 Å². The average molecular weight is 354 g/mol. The third-order valence-corrected chi connectivity index (χ3v) is 4.06. The van der Waals surface area contributed by atoms with E-state index < -0.39 is 0 Å². The second-order valence-corrected chi connectivity index (χ2v) is 5.89. The van der Waals surface area contributed by atoms with Crippen LogP contribution in [0.2, 0.25) is 0 Å². The molecule has 0 saturated heterocycles. The van der Waals surface area contributed by atoms with Crippen molar-refractivity contribution in [3.8, 4) is 11.5 Å². The van der Waals surface area contributed by atoms with Crippen molar-refractivity contribution >= 4 is 11.6 Å². The van der Waals surface area contributed by atoms with Gasteiger partial charge in [0.1, 0.15) is 0 Å². The Morgan fingerprint density at radius 2 is 1.69 bits per heavy atom. The third kappa shape index (κ3) is 5.34.